The number of fused-ring (bicyclic) bond motifs is 1. The molecule has 0 aliphatic heterocycles. The van der Waals surface area contributed by atoms with Crippen molar-refractivity contribution in [1.82, 2.24) is 4.57 Å². The van der Waals surface area contributed by atoms with Gasteiger partial charge in [-0.15, -0.1) is 0 Å². The molecule has 0 N–H and O–H groups in total. The number of pyridine rings is 1. The van der Waals surface area contributed by atoms with Gasteiger partial charge in [0, 0.05) is 6.07 Å². The van der Waals surface area contributed by atoms with Crippen LogP contribution in [0.5, 0.6) is 0 Å². The van der Waals surface area contributed by atoms with Gasteiger partial charge in [0.1, 0.15) is 6.54 Å². The van der Waals surface area contributed by atoms with Crippen LogP contribution in [0.2, 0.25) is 0 Å². The highest BCUT2D eigenvalue weighted by Crippen LogP contribution is 2.11. The topological polar surface area (TPSA) is 48.3 Å². The molecule has 0 aliphatic rings. The molecule has 0 atom stereocenters. The second kappa shape index (κ2) is 5.04. The summed E-state index contributed by atoms with van der Waals surface area (Å²) in [5, 5.41) is 0.925. The molecule has 0 amide bonds. The van der Waals surface area contributed by atoms with Crippen LogP contribution in [0.3, 0.4) is 0 Å². The van der Waals surface area contributed by atoms with Gasteiger partial charge in [-0.3, -0.25) is 14.2 Å². The Morgan fingerprint density at radius 2 is 1.94 bits per heavy atom. The zero-order valence-corrected chi connectivity index (χ0v) is 10.4. The molecule has 2 aromatic rings. The van der Waals surface area contributed by atoms with Crippen molar-refractivity contribution < 1.29 is 9.53 Å². The molecular weight excluding hydrogens is 230 g/mol. The second-order valence-electron chi connectivity index (χ2n) is 4.36. The summed E-state index contributed by atoms with van der Waals surface area (Å²) in [7, 11) is 0. The third-order valence-electron chi connectivity index (χ3n) is 2.55. The predicted octanol–water partition coefficient (Wildman–Crippen LogP) is 1.95. The van der Waals surface area contributed by atoms with E-state index in [-0.39, 0.29) is 18.2 Å². The molecule has 0 aliphatic carbocycles. The van der Waals surface area contributed by atoms with Gasteiger partial charge in [-0.05, 0) is 31.4 Å². The number of rotatable bonds is 3. The fourth-order valence-electron chi connectivity index (χ4n) is 1.84. The Labute approximate surface area is 105 Å². The van der Waals surface area contributed by atoms with E-state index in [0.29, 0.717) is 0 Å². The van der Waals surface area contributed by atoms with Gasteiger partial charge in [-0.1, -0.05) is 18.2 Å². The van der Waals surface area contributed by atoms with Crippen molar-refractivity contribution in [1.29, 1.82) is 0 Å². The maximum atomic E-state index is 11.8. The summed E-state index contributed by atoms with van der Waals surface area (Å²) in [6.07, 6.45) is -0.178. The number of ether oxygens (including phenoxy) is 1. The van der Waals surface area contributed by atoms with E-state index in [0.717, 1.165) is 10.9 Å². The van der Waals surface area contributed by atoms with Crippen LogP contribution < -0.4 is 5.56 Å². The van der Waals surface area contributed by atoms with Gasteiger partial charge < -0.3 is 4.74 Å². The van der Waals surface area contributed by atoms with Gasteiger partial charge >= 0.3 is 5.97 Å². The minimum Gasteiger partial charge on any atom is -0.462 e. The maximum Gasteiger partial charge on any atom is 0.326 e. The van der Waals surface area contributed by atoms with Crippen LogP contribution in [-0.2, 0) is 16.1 Å². The van der Waals surface area contributed by atoms with Crippen LogP contribution in [0, 0.1) is 0 Å². The van der Waals surface area contributed by atoms with Crippen molar-refractivity contribution in [3.05, 3.63) is 46.8 Å². The Morgan fingerprint density at radius 1 is 1.22 bits per heavy atom. The maximum absolute atomic E-state index is 11.8. The number of nitrogens with zero attached hydrogens (tertiary/aromatic N) is 1. The molecule has 0 saturated carbocycles. The monoisotopic (exact) mass is 245 g/mol. The van der Waals surface area contributed by atoms with Gasteiger partial charge in [0.25, 0.3) is 5.56 Å². The highest BCUT2D eigenvalue weighted by Gasteiger charge is 2.10. The number of hydrogen-bond acceptors (Lipinski definition) is 3. The molecule has 0 fully saturated rings. The van der Waals surface area contributed by atoms with Gasteiger partial charge in [-0.2, -0.15) is 0 Å². The average molecular weight is 245 g/mol. The number of esters is 1. The van der Waals surface area contributed by atoms with E-state index >= 15 is 0 Å². The van der Waals surface area contributed by atoms with Crippen LogP contribution in [-0.4, -0.2) is 16.6 Å². The standard InChI is InChI=1S/C14H15NO3/c1-10(2)18-14(17)9-15-12-6-4-3-5-11(12)7-8-13(15)16/h3-8,10H,9H2,1-2H3. The zero-order valence-electron chi connectivity index (χ0n) is 10.4. The molecule has 0 unspecified atom stereocenters. The van der Waals surface area contributed by atoms with E-state index in [9.17, 15) is 9.59 Å². The molecule has 18 heavy (non-hydrogen) atoms. The summed E-state index contributed by atoms with van der Waals surface area (Å²) < 4.78 is 6.49. The first-order valence-electron chi connectivity index (χ1n) is 5.86. The first kappa shape index (κ1) is 12.4. The fourth-order valence-corrected chi connectivity index (χ4v) is 1.84. The van der Waals surface area contributed by atoms with E-state index in [2.05, 4.69) is 0 Å². The first-order chi connectivity index (χ1) is 8.58. The van der Waals surface area contributed by atoms with E-state index in [4.69, 9.17) is 4.74 Å². The largest absolute Gasteiger partial charge is 0.462 e. The molecule has 2 rings (SSSR count). The Hall–Kier alpha value is -2.10. The summed E-state index contributed by atoms with van der Waals surface area (Å²) in [5.74, 6) is -0.400. The lowest BCUT2D eigenvalue weighted by molar-refractivity contribution is -0.148. The molecular formula is C14H15NO3. The molecule has 1 heterocycles. The van der Waals surface area contributed by atoms with Crippen molar-refractivity contribution in [2.45, 2.75) is 26.5 Å². The highest BCUT2D eigenvalue weighted by molar-refractivity contribution is 5.80. The molecule has 4 nitrogen and oxygen atoms in total. The number of hydrogen-bond donors (Lipinski definition) is 0. The SMILES string of the molecule is CC(C)OC(=O)Cn1c(=O)ccc2ccccc21. The zero-order chi connectivity index (χ0) is 13.1. The van der Waals surface area contributed by atoms with Gasteiger partial charge in [0.15, 0.2) is 0 Å². The molecule has 0 saturated heterocycles. The van der Waals surface area contributed by atoms with Crippen molar-refractivity contribution in [3.63, 3.8) is 0 Å². The lowest BCUT2D eigenvalue weighted by atomic mass is 10.2. The van der Waals surface area contributed by atoms with Crippen LogP contribution in [0.4, 0.5) is 0 Å². The van der Waals surface area contributed by atoms with Crippen molar-refractivity contribution in [2.75, 3.05) is 0 Å². The fraction of sp³-hybridized carbons (Fsp3) is 0.286. The lowest BCUT2D eigenvalue weighted by Gasteiger charge is -2.11. The van der Waals surface area contributed by atoms with E-state index in [1.807, 2.05) is 24.3 Å². The Bertz CT molecular complexity index is 628. The number of aromatic nitrogens is 1. The first-order valence-corrected chi connectivity index (χ1v) is 5.86. The number of benzene rings is 1. The van der Waals surface area contributed by atoms with Crippen LogP contribution in [0.15, 0.2) is 41.2 Å². The molecule has 0 bridgehead atoms. The normalized spacial score (nSPS) is 10.8. The third kappa shape index (κ3) is 2.59. The molecule has 1 aromatic heterocycles. The predicted molar refractivity (Wildman–Crippen MR) is 69.4 cm³/mol. The number of para-hydroxylation sites is 1. The molecule has 94 valence electrons. The highest BCUT2D eigenvalue weighted by atomic mass is 16.5. The number of carbonyl (C=O) groups excluding carboxylic acids is 1. The van der Waals surface area contributed by atoms with Gasteiger partial charge in [0.2, 0.25) is 0 Å². The summed E-state index contributed by atoms with van der Waals surface area (Å²) in [6, 6.07) is 10.7. The van der Waals surface area contributed by atoms with Crippen LogP contribution in [0.25, 0.3) is 10.9 Å². The smallest absolute Gasteiger partial charge is 0.326 e. The summed E-state index contributed by atoms with van der Waals surface area (Å²) in [5.41, 5.74) is 0.542. The average Bonchev–Trinajstić information content (AvgIpc) is 2.32. The molecule has 0 spiro atoms. The molecule has 1 aromatic carbocycles. The third-order valence-corrected chi connectivity index (χ3v) is 2.55. The minimum absolute atomic E-state index is 0.0572. The van der Waals surface area contributed by atoms with Crippen molar-refractivity contribution in [2.24, 2.45) is 0 Å². The Morgan fingerprint density at radius 3 is 2.67 bits per heavy atom. The van der Waals surface area contributed by atoms with Crippen LogP contribution in [0.1, 0.15) is 13.8 Å². The second-order valence-corrected chi connectivity index (χ2v) is 4.36. The van der Waals surface area contributed by atoms with E-state index in [1.54, 1.807) is 19.9 Å². The summed E-state index contributed by atoms with van der Waals surface area (Å²) in [4.78, 5) is 23.4. The summed E-state index contributed by atoms with van der Waals surface area (Å²) >= 11 is 0. The van der Waals surface area contributed by atoms with Crippen LogP contribution >= 0.6 is 0 Å². The Balaban J connectivity index is 2.41. The van der Waals surface area contributed by atoms with E-state index < -0.39 is 5.97 Å². The lowest BCUT2D eigenvalue weighted by Crippen LogP contribution is -2.26. The minimum atomic E-state index is -0.400. The van der Waals surface area contributed by atoms with Crippen molar-refractivity contribution in [3.8, 4) is 0 Å². The quantitative estimate of drug-likeness (QED) is 0.776. The molecule has 0 radical (unpaired) electrons. The summed E-state index contributed by atoms with van der Waals surface area (Å²) in [6.45, 7) is 3.51. The van der Waals surface area contributed by atoms with E-state index in [1.165, 1.54) is 10.6 Å². The van der Waals surface area contributed by atoms with Gasteiger partial charge in [-0.25, -0.2) is 0 Å². The Kier molecular flexibility index (Phi) is 3.46. The van der Waals surface area contributed by atoms with Crippen molar-refractivity contribution >= 4 is 16.9 Å². The molecule has 4 heteroatoms. The van der Waals surface area contributed by atoms with Gasteiger partial charge in [0.05, 0.1) is 11.6 Å². The number of carbonyl (C=O) groups is 1.